The fourth-order valence-electron chi connectivity index (χ4n) is 2.03. The smallest absolute Gasteiger partial charge is 0.227 e. The van der Waals surface area contributed by atoms with E-state index < -0.39 is 0 Å². The quantitative estimate of drug-likeness (QED) is 0.650. The summed E-state index contributed by atoms with van der Waals surface area (Å²) >= 11 is 0. The van der Waals surface area contributed by atoms with Crippen LogP contribution in [0, 0.1) is 0 Å². The summed E-state index contributed by atoms with van der Waals surface area (Å²) in [6.07, 6.45) is 0. The number of rotatable bonds is 2. The lowest BCUT2D eigenvalue weighted by molar-refractivity contribution is 0.619. The average molecular weight is 237 g/mol. The van der Waals surface area contributed by atoms with Gasteiger partial charge in [-0.05, 0) is 35.7 Å². The van der Waals surface area contributed by atoms with Gasteiger partial charge in [0, 0.05) is 5.56 Å². The van der Waals surface area contributed by atoms with E-state index in [4.69, 9.17) is 4.42 Å². The van der Waals surface area contributed by atoms with Crippen molar-refractivity contribution in [3.8, 4) is 11.5 Å². The number of fused-ring (bicyclic) bond motifs is 1. The third kappa shape index (κ3) is 1.90. The molecule has 0 bridgehead atoms. The van der Waals surface area contributed by atoms with Crippen molar-refractivity contribution in [1.29, 1.82) is 0 Å². The zero-order chi connectivity index (χ0) is 12.5. The number of benzene rings is 2. The van der Waals surface area contributed by atoms with E-state index >= 15 is 0 Å². The summed E-state index contributed by atoms with van der Waals surface area (Å²) in [7, 11) is 0. The lowest BCUT2D eigenvalue weighted by atomic mass is 10.0. The lowest BCUT2D eigenvalue weighted by Gasteiger charge is -2.05. The standard InChI is InChI=1S/C16H15NO/c1-11(2)12-6-5-7-13(10-12)16-17-14-8-3-4-9-15(14)18-16/h3-11H,1-2H3. The molecule has 0 aliphatic rings. The summed E-state index contributed by atoms with van der Waals surface area (Å²) in [4.78, 5) is 4.52. The second-order valence-electron chi connectivity index (χ2n) is 4.77. The number of nitrogens with zero attached hydrogens (tertiary/aromatic N) is 1. The van der Waals surface area contributed by atoms with Gasteiger partial charge in [-0.25, -0.2) is 4.98 Å². The Labute approximate surface area is 106 Å². The van der Waals surface area contributed by atoms with Crippen molar-refractivity contribution in [3.63, 3.8) is 0 Å². The van der Waals surface area contributed by atoms with Gasteiger partial charge in [0.1, 0.15) is 5.52 Å². The minimum Gasteiger partial charge on any atom is -0.436 e. The van der Waals surface area contributed by atoms with Crippen molar-refractivity contribution in [1.82, 2.24) is 4.98 Å². The van der Waals surface area contributed by atoms with E-state index in [-0.39, 0.29) is 0 Å². The highest BCUT2D eigenvalue weighted by Crippen LogP contribution is 2.26. The average Bonchev–Trinajstić information content (AvgIpc) is 2.82. The SMILES string of the molecule is CC(C)c1cccc(-c2nc3ccccc3o2)c1. The van der Waals surface area contributed by atoms with Crippen molar-refractivity contribution in [2.45, 2.75) is 19.8 Å². The van der Waals surface area contributed by atoms with Gasteiger partial charge < -0.3 is 4.42 Å². The molecule has 0 amide bonds. The number of oxazole rings is 1. The molecule has 3 rings (SSSR count). The van der Waals surface area contributed by atoms with E-state index in [1.54, 1.807) is 0 Å². The van der Waals surface area contributed by atoms with Crippen LogP contribution >= 0.6 is 0 Å². The number of hydrogen-bond acceptors (Lipinski definition) is 2. The summed E-state index contributed by atoms with van der Waals surface area (Å²) in [5.41, 5.74) is 4.08. The summed E-state index contributed by atoms with van der Waals surface area (Å²) in [5, 5.41) is 0. The van der Waals surface area contributed by atoms with E-state index in [1.165, 1.54) is 5.56 Å². The van der Waals surface area contributed by atoms with Crippen LogP contribution in [-0.4, -0.2) is 4.98 Å². The van der Waals surface area contributed by atoms with E-state index in [1.807, 2.05) is 30.3 Å². The Balaban J connectivity index is 2.11. The predicted octanol–water partition coefficient (Wildman–Crippen LogP) is 4.62. The topological polar surface area (TPSA) is 26.0 Å². The Kier molecular flexibility index (Phi) is 2.63. The highest BCUT2D eigenvalue weighted by atomic mass is 16.3. The Hall–Kier alpha value is -2.09. The van der Waals surface area contributed by atoms with Crippen molar-refractivity contribution in [3.05, 3.63) is 54.1 Å². The Morgan fingerprint density at radius 2 is 1.83 bits per heavy atom. The van der Waals surface area contributed by atoms with Gasteiger partial charge in [0.2, 0.25) is 5.89 Å². The van der Waals surface area contributed by atoms with Gasteiger partial charge in [0.05, 0.1) is 0 Å². The first-order chi connectivity index (χ1) is 8.74. The van der Waals surface area contributed by atoms with Crippen molar-refractivity contribution >= 4 is 11.1 Å². The van der Waals surface area contributed by atoms with E-state index in [2.05, 4.69) is 37.0 Å². The molecule has 0 radical (unpaired) electrons. The normalized spacial score (nSPS) is 11.3. The fraction of sp³-hybridized carbons (Fsp3) is 0.188. The van der Waals surface area contributed by atoms with Crippen LogP contribution in [0.15, 0.2) is 52.9 Å². The summed E-state index contributed by atoms with van der Waals surface area (Å²) < 4.78 is 5.78. The Morgan fingerprint density at radius 3 is 2.61 bits per heavy atom. The molecule has 1 heterocycles. The molecule has 0 spiro atoms. The first-order valence-electron chi connectivity index (χ1n) is 6.20. The maximum atomic E-state index is 5.78. The molecule has 0 fully saturated rings. The second kappa shape index (κ2) is 4.30. The minimum atomic E-state index is 0.509. The molecule has 0 aliphatic heterocycles. The van der Waals surface area contributed by atoms with Gasteiger partial charge >= 0.3 is 0 Å². The van der Waals surface area contributed by atoms with Crippen LogP contribution in [0.4, 0.5) is 0 Å². The predicted molar refractivity (Wildman–Crippen MR) is 73.5 cm³/mol. The second-order valence-corrected chi connectivity index (χ2v) is 4.77. The summed E-state index contributed by atoms with van der Waals surface area (Å²) in [6, 6.07) is 16.2. The van der Waals surface area contributed by atoms with Gasteiger partial charge in [-0.1, -0.05) is 38.1 Å². The van der Waals surface area contributed by atoms with Crippen LogP contribution in [0.25, 0.3) is 22.6 Å². The molecule has 0 N–H and O–H groups in total. The zero-order valence-corrected chi connectivity index (χ0v) is 10.6. The zero-order valence-electron chi connectivity index (χ0n) is 10.6. The minimum absolute atomic E-state index is 0.509. The monoisotopic (exact) mass is 237 g/mol. The molecule has 0 saturated heterocycles. The molecule has 90 valence electrons. The lowest BCUT2D eigenvalue weighted by Crippen LogP contribution is -1.87. The van der Waals surface area contributed by atoms with Gasteiger partial charge in [0.25, 0.3) is 0 Å². The maximum absolute atomic E-state index is 5.78. The number of para-hydroxylation sites is 2. The van der Waals surface area contributed by atoms with Crippen LogP contribution < -0.4 is 0 Å². The van der Waals surface area contributed by atoms with E-state index in [9.17, 15) is 0 Å². The highest BCUT2D eigenvalue weighted by molar-refractivity contribution is 5.76. The molecular weight excluding hydrogens is 222 g/mol. The highest BCUT2D eigenvalue weighted by Gasteiger charge is 2.08. The molecular formula is C16H15NO. The molecule has 0 aliphatic carbocycles. The summed E-state index contributed by atoms with van der Waals surface area (Å²) in [5.74, 6) is 1.20. The van der Waals surface area contributed by atoms with Crippen molar-refractivity contribution in [2.24, 2.45) is 0 Å². The van der Waals surface area contributed by atoms with Crippen LogP contribution in [0.5, 0.6) is 0 Å². The van der Waals surface area contributed by atoms with Gasteiger partial charge in [-0.3, -0.25) is 0 Å². The molecule has 3 aromatic rings. The van der Waals surface area contributed by atoms with Crippen LogP contribution in [0.3, 0.4) is 0 Å². The molecule has 18 heavy (non-hydrogen) atoms. The first-order valence-corrected chi connectivity index (χ1v) is 6.20. The third-order valence-electron chi connectivity index (χ3n) is 3.09. The largest absolute Gasteiger partial charge is 0.436 e. The number of hydrogen-bond donors (Lipinski definition) is 0. The van der Waals surface area contributed by atoms with Crippen molar-refractivity contribution < 1.29 is 4.42 Å². The van der Waals surface area contributed by atoms with E-state index in [0.29, 0.717) is 11.8 Å². The van der Waals surface area contributed by atoms with Crippen LogP contribution in [-0.2, 0) is 0 Å². The molecule has 0 atom stereocenters. The molecule has 2 aromatic carbocycles. The molecule has 0 unspecified atom stereocenters. The van der Waals surface area contributed by atoms with Crippen molar-refractivity contribution in [2.75, 3.05) is 0 Å². The van der Waals surface area contributed by atoms with Crippen LogP contribution in [0.2, 0.25) is 0 Å². The first kappa shape index (κ1) is 11.0. The fourth-order valence-corrected chi connectivity index (χ4v) is 2.03. The van der Waals surface area contributed by atoms with Gasteiger partial charge in [0.15, 0.2) is 5.58 Å². The molecule has 1 aromatic heterocycles. The summed E-state index contributed by atoms with van der Waals surface area (Å²) in [6.45, 7) is 4.37. The molecule has 2 heteroatoms. The Bertz CT molecular complexity index is 649. The number of aromatic nitrogens is 1. The van der Waals surface area contributed by atoms with Gasteiger partial charge in [-0.15, -0.1) is 0 Å². The van der Waals surface area contributed by atoms with E-state index in [0.717, 1.165) is 16.7 Å². The third-order valence-corrected chi connectivity index (χ3v) is 3.09. The van der Waals surface area contributed by atoms with Crippen LogP contribution in [0.1, 0.15) is 25.3 Å². The molecule has 0 saturated carbocycles. The maximum Gasteiger partial charge on any atom is 0.227 e. The Morgan fingerprint density at radius 1 is 1.00 bits per heavy atom. The van der Waals surface area contributed by atoms with Gasteiger partial charge in [-0.2, -0.15) is 0 Å². The molecule has 2 nitrogen and oxygen atoms in total.